The maximum Gasteiger partial charge on any atom is 0.160 e. The number of nitrogens with zero attached hydrogens (tertiary/aromatic N) is 1. The predicted octanol–water partition coefficient (Wildman–Crippen LogP) is 8.35. The van der Waals surface area contributed by atoms with Crippen LogP contribution in [-0.2, 0) is 0 Å². The summed E-state index contributed by atoms with van der Waals surface area (Å²) in [6, 6.07) is 40.6. The van der Waals surface area contributed by atoms with E-state index < -0.39 is 0 Å². The highest BCUT2D eigenvalue weighted by Gasteiger charge is 2.18. The predicted molar refractivity (Wildman–Crippen MR) is 133 cm³/mol. The van der Waals surface area contributed by atoms with E-state index >= 15 is 0 Å². The van der Waals surface area contributed by atoms with Gasteiger partial charge in [-0.1, -0.05) is 84.9 Å². The van der Waals surface area contributed by atoms with Crippen LogP contribution in [0.15, 0.2) is 120 Å². The lowest BCUT2D eigenvalue weighted by molar-refractivity contribution is 0.671. The van der Waals surface area contributed by atoms with Crippen LogP contribution in [0.25, 0.3) is 60.6 Å². The minimum atomic E-state index is 0.921. The summed E-state index contributed by atoms with van der Waals surface area (Å²) in [6.45, 7) is 0. The number of benzene rings is 5. The largest absolute Gasteiger partial charge is 0.454 e. The summed E-state index contributed by atoms with van der Waals surface area (Å²) < 4.78 is 8.80. The standard InChI is InChI=1S/C30H19NO/c1-2-9-20(10-3-1)21-11-8-12-22(19-21)31-27-15-6-4-13-23(27)25-17-18-26-24-14-5-7-16-28(24)32-30(26)29(25)31/h1-19H. The van der Waals surface area contributed by atoms with Gasteiger partial charge in [0.1, 0.15) is 5.58 Å². The van der Waals surface area contributed by atoms with Gasteiger partial charge in [-0.15, -0.1) is 0 Å². The topological polar surface area (TPSA) is 18.1 Å². The Morgan fingerprint density at radius 3 is 2.12 bits per heavy atom. The molecule has 2 aromatic heterocycles. The molecule has 0 fully saturated rings. The first-order valence-corrected chi connectivity index (χ1v) is 10.9. The van der Waals surface area contributed by atoms with E-state index in [2.05, 4.69) is 108 Å². The van der Waals surface area contributed by atoms with Crippen LogP contribution in [0.4, 0.5) is 0 Å². The summed E-state index contributed by atoms with van der Waals surface area (Å²) in [7, 11) is 0. The molecule has 0 unspecified atom stereocenters. The van der Waals surface area contributed by atoms with Gasteiger partial charge in [0, 0.05) is 27.2 Å². The Balaban J connectivity index is 1.63. The normalized spacial score (nSPS) is 11.8. The second kappa shape index (κ2) is 6.60. The van der Waals surface area contributed by atoms with Gasteiger partial charge >= 0.3 is 0 Å². The molecule has 32 heavy (non-hydrogen) atoms. The molecule has 0 aliphatic carbocycles. The number of para-hydroxylation sites is 2. The maximum atomic E-state index is 6.45. The molecule has 2 heteroatoms. The summed E-state index contributed by atoms with van der Waals surface area (Å²) in [6.07, 6.45) is 0. The molecule has 150 valence electrons. The SMILES string of the molecule is c1ccc(-c2cccc(-n3c4ccccc4c4ccc5c6ccccc6oc5c43)c2)cc1. The average molecular weight is 409 g/mol. The molecular formula is C30H19NO. The van der Waals surface area contributed by atoms with Crippen molar-refractivity contribution in [3.63, 3.8) is 0 Å². The molecule has 0 aliphatic heterocycles. The Hall–Kier alpha value is -4.30. The Morgan fingerprint density at radius 1 is 0.500 bits per heavy atom. The number of hydrogen-bond acceptors (Lipinski definition) is 1. The molecule has 0 saturated carbocycles. The van der Waals surface area contributed by atoms with Crippen LogP contribution in [0.3, 0.4) is 0 Å². The van der Waals surface area contributed by atoms with Gasteiger partial charge in [-0.25, -0.2) is 0 Å². The molecular weight excluding hydrogens is 390 g/mol. The van der Waals surface area contributed by atoms with Gasteiger partial charge in [0.2, 0.25) is 0 Å². The second-order valence-electron chi connectivity index (χ2n) is 8.21. The highest BCUT2D eigenvalue weighted by atomic mass is 16.3. The van der Waals surface area contributed by atoms with Crippen molar-refractivity contribution >= 4 is 43.7 Å². The lowest BCUT2D eigenvalue weighted by Crippen LogP contribution is -1.94. The van der Waals surface area contributed by atoms with Crippen molar-refractivity contribution in [1.29, 1.82) is 0 Å². The van der Waals surface area contributed by atoms with Crippen molar-refractivity contribution in [2.24, 2.45) is 0 Å². The second-order valence-corrected chi connectivity index (χ2v) is 8.21. The molecule has 2 nitrogen and oxygen atoms in total. The summed E-state index contributed by atoms with van der Waals surface area (Å²) in [5, 5.41) is 4.74. The monoisotopic (exact) mass is 409 g/mol. The van der Waals surface area contributed by atoms with Gasteiger partial charge in [0.15, 0.2) is 5.58 Å². The van der Waals surface area contributed by atoms with Gasteiger partial charge in [0.05, 0.1) is 11.0 Å². The van der Waals surface area contributed by atoms with E-state index in [4.69, 9.17) is 4.42 Å². The summed E-state index contributed by atoms with van der Waals surface area (Å²) in [4.78, 5) is 0. The lowest BCUT2D eigenvalue weighted by atomic mass is 10.1. The maximum absolute atomic E-state index is 6.45. The van der Waals surface area contributed by atoms with E-state index in [9.17, 15) is 0 Å². The van der Waals surface area contributed by atoms with Gasteiger partial charge in [-0.05, 0) is 41.5 Å². The van der Waals surface area contributed by atoms with E-state index in [0.29, 0.717) is 0 Å². The molecule has 0 amide bonds. The zero-order valence-corrected chi connectivity index (χ0v) is 17.3. The highest BCUT2D eigenvalue weighted by molar-refractivity contribution is 6.21. The van der Waals surface area contributed by atoms with Crippen molar-refractivity contribution in [3.8, 4) is 16.8 Å². The fourth-order valence-electron chi connectivity index (χ4n) is 4.95. The van der Waals surface area contributed by atoms with Crippen LogP contribution in [-0.4, -0.2) is 4.57 Å². The molecule has 0 radical (unpaired) electrons. The van der Waals surface area contributed by atoms with Crippen LogP contribution >= 0.6 is 0 Å². The minimum Gasteiger partial charge on any atom is -0.454 e. The van der Waals surface area contributed by atoms with Crippen LogP contribution < -0.4 is 0 Å². The lowest BCUT2D eigenvalue weighted by Gasteiger charge is -2.10. The number of aromatic nitrogens is 1. The molecule has 0 bridgehead atoms. The van der Waals surface area contributed by atoms with E-state index in [-0.39, 0.29) is 0 Å². The van der Waals surface area contributed by atoms with Crippen molar-refractivity contribution in [2.45, 2.75) is 0 Å². The third-order valence-corrected chi connectivity index (χ3v) is 6.39. The summed E-state index contributed by atoms with van der Waals surface area (Å²) in [5.74, 6) is 0. The summed E-state index contributed by atoms with van der Waals surface area (Å²) in [5.41, 5.74) is 7.70. The Bertz CT molecular complexity index is 1770. The molecule has 2 heterocycles. The number of rotatable bonds is 2. The fourth-order valence-corrected chi connectivity index (χ4v) is 4.95. The third-order valence-electron chi connectivity index (χ3n) is 6.39. The van der Waals surface area contributed by atoms with Gasteiger partial charge < -0.3 is 8.98 Å². The molecule has 0 atom stereocenters. The van der Waals surface area contributed by atoms with Crippen LogP contribution in [0.2, 0.25) is 0 Å². The van der Waals surface area contributed by atoms with Gasteiger partial charge in [-0.2, -0.15) is 0 Å². The number of furan rings is 1. The van der Waals surface area contributed by atoms with Crippen molar-refractivity contribution in [2.75, 3.05) is 0 Å². The van der Waals surface area contributed by atoms with Crippen LogP contribution in [0.1, 0.15) is 0 Å². The highest BCUT2D eigenvalue weighted by Crippen LogP contribution is 2.40. The Labute approximate surface area is 184 Å². The zero-order chi connectivity index (χ0) is 21.1. The molecule has 5 aromatic carbocycles. The molecule has 0 spiro atoms. The third kappa shape index (κ3) is 2.41. The molecule has 7 aromatic rings. The summed E-state index contributed by atoms with van der Waals surface area (Å²) >= 11 is 0. The zero-order valence-electron chi connectivity index (χ0n) is 17.3. The first kappa shape index (κ1) is 17.4. The van der Waals surface area contributed by atoms with Crippen molar-refractivity contribution < 1.29 is 4.42 Å². The molecule has 0 N–H and O–H groups in total. The number of fused-ring (bicyclic) bond motifs is 7. The molecule has 0 saturated heterocycles. The first-order valence-electron chi connectivity index (χ1n) is 10.9. The van der Waals surface area contributed by atoms with E-state index in [1.54, 1.807) is 0 Å². The smallest absolute Gasteiger partial charge is 0.160 e. The van der Waals surface area contributed by atoms with E-state index in [0.717, 1.165) is 33.1 Å². The Morgan fingerprint density at radius 2 is 1.22 bits per heavy atom. The quantitative estimate of drug-likeness (QED) is 0.280. The fraction of sp³-hybridized carbons (Fsp3) is 0. The van der Waals surface area contributed by atoms with Crippen LogP contribution in [0, 0.1) is 0 Å². The molecule has 7 rings (SSSR count). The molecule has 0 aliphatic rings. The average Bonchev–Trinajstić information content (AvgIpc) is 3.41. The minimum absolute atomic E-state index is 0.921. The number of hydrogen-bond donors (Lipinski definition) is 0. The van der Waals surface area contributed by atoms with Crippen LogP contribution in [0.5, 0.6) is 0 Å². The Kier molecular flexibility index (Phi) is 3.58. The van der Waals surface area contributed by atoms with E-state index in [1.807, 2.05) is 12.1 Å². The van der Waals surface area contributed by atoms with Crippen molar-refractivity contribution in [1.82, 2.24) is 4.57 Å². The van der Waals surface area contributed by atoms with E-state index in [1.165, 1.54) is 27.4 Å². The van der Waals surface area contributed by atoms with Crippen molar-refractivity contribution in [3.05, 3.63) is 115 Å². The van der Waals surface area contributed by atoms with Gasteiger partial charge in [0.25, 0.3) is 0 Å². The first-order chi connectivity index (χ1) is 15.9. The van der Waals surface area contributed by atoms with Gasteiger partial charge in [-0.3, -0.25) is 0 Å².